The Bertz CT molecular complexity index is 828. The smallest absolute Gasteiger partial charge is 0.224 e. The minimum absolute atomic E-state index is 0.187. The standard InChI is InChI=1S/C19H26ClN5OS/c1-21-19(24(3)13-16-10-15(20)12-23(16)2)22-7-4-18(26)25-8-5-17-14(11-25)6-9-27-17/h6,9-10,12H,4-5,7-8,11,13H2,1-3H3,(H,21,22). The van der Waals surface area contributed by atoms with Gasteiger partial charge >= 0.3 is 0 Å². The monoisotopic (exact) mass is 407 g/mol. The Labute approximate surface area is 169 Å². The maximum absolute atomic E-state index is 12.5. The van der Waals surface area contributed by atoms with E-state index in [0.29, 0.717) is 19.5 Å². The van der Waals surface area contributed by atoms with Crippen molar-refractivity contribution in [3.05, 3.63) is 44.9 Å². The molecule has 1 aliphatic heterocycles. The van der Waals surface area contributed by atoms with Gasteiger partial charge in [-0.05, 0) is 29.5 Å². The highest BCUT2D eigenvalue weighted by Crippen LogP contribution is 2.24. The number of nitrogens with zero attached hydrogens (tertiary/aromatic N) is 4. The van der Waals surface area contributed by atoms with Crippen LogP contribution in [0.15, 0.2) is 28.7 Å². The summed E-state index contributed by atoms with van der Waals surface area (Å²) in [6.07, 6.45) is 3.31. The van der Waals surface area contributed by atoms with Crippen molar-refractivity contribution < 1.29 is 4.79 Å². The second-order valence-corrected chi connectivity index (χ2v) is 8.21. The molecule has 2 aromatic heterocycles. The lowest BCUT2D eigenvalue weighted by Gasteiger charge is -2.27. The molecule has 0 saturated carbocycles. The summed E-state index contributed by atoms with van der Waals surface area (Å²) in [5.74, 6) is 0.950. The van der Waals surface area contributed by atoms with Crippen molar-refractivity contribution in [3.8, 4) is 0 Å². The first-order valence-electron chi connectivity index (χ1n) is 9.03. The van der Waals surface area contributed by atoms with Crippen LogP contribution in [0.1, 0.15) is 22.6 Å². The second kappa shape index (κ2) is 8.80. The minimum Gasteiger partial charge on any atom is -0.356 e. The molecule has 6 nitrogen and oxygen atoms in total. The molecule has 0 aliphatic carbocycles. The first-order chi connectivity index (χ1) is 13.0. The Balaban J connectivity index is 1.47. The maximum Gasteiger partial charge on any atom is 0.224 e. The summed E-state index contributed by atoms with van der Waals surface area (Å²) in [6, 6.07) is 4.08. The van der Waals surface area contributed by atoms with Gasteiger partial charge in [0.1, 0.15) is 0 Å². The third-order valence-corrected chi connectivity index (χ3v) is 6.06. The van der Waals surface area contributed by atoms with Crippen molar-refractivity contribution in [2.24, 2.45) is 12.0 Å². The van der Waals surface area contributed by atoms with Crippen LogP contribution in [0.2, 0.25) is 5.02 Å². The van der Waals surface area contributed by atoms with Crippen LogP contribution in [0, 0.1) is 0 Å². The van der Waals surface area contributed by atoms with Crippen LogP contribution in [0.3, 0.4) is 0 Å². The molecule has 0 radical (unpaired) electrons. The molecule has 2 aromatic rings. The number of carbonyl (C=O) groups is 1. The predicted molar refractivity (Wildman–Crippen MR) is 111 cm³/mol. The third-order valence-electron chi connectivity index (χ3n) is 4.83. The zero-order chi connectivity index (χ0) is 19.4. The molecule has 0 unspecified atom stereocenters. The molecule has 3 rings (SSSR count). The summed E-state index contributed by atoms with van der Waals surface area (Å²) in [5.41, 5.74) is 2.39. The molecule has 0 fully saturated rings. The van der Waals surface area contributed by atoms with Crippen molar-refractivity contribution in [1.82, 2.24) is 19.7 Å². The van der Waals surface area contributed by atoms with E-state index in [1.54, 1.807) is 18.4 Å². The lowest BCUT2D eigenvalue weighted by Crippen LogP contribution is -2.41. The van der Waals surface area contributed by atoms with Crippen LogP contribution in [-0.2, 0) is 31.4 Å². The van der Waals surface area contributed by atoms with Gasteiger partial charge in [0, 0.05) is 64.0 Å². The van der Waals surface area contributed by atoms with Crippen molar-refractivity contribution in [2.75, 3.05) is 27.2 Å². The zero-order valence-electron chi connectivity index (χ0n) is 16.0. The number of hydrogen-bond donors (Lipinski definition) is 1. The molecule has 8 heteroatoms. The number of fused-ring (bicyclic) bond motifs is 1. The van der Waals surface area contributed by atoms with Gasteiger partial charge in [0.2, 0.25) is 5.91 Å². The number of amides is 1. The topological polar surface area (TPSA) is 52.9 Å². The van der Waals surface area contributed by atoms with Gasteiger partial charge in [-0.15, -0.1) is 11.3 Å². The summed E-state index contributed by atoms with van der Waals surface area (Å²) in [5, 5.41) is 6.13. The number of hydrogen-bond acceptors (Lipinski definition) is 3. The van der Waals surface area contributed by atoms with Gasteiger partial charge in [-0.3, -0.25) is 9.79 Å². The van der Waals surface area contributed by atoms with E-state index >= 15 is 0 Å². The Morgan fingerprint density at radius 3 is 3.00 bits per heavy atom. The summed E-state index contributed by atoms with van der Waals surface area (Å²) in [6.45, 7) is 2.80. The average Bonchev–Trinajstić information content (AvgIpc) is 3.23. The Kier molecular flexibility index (Phi) is 6.44. The van der Waals surface area contributed by atoms with Gasteiger partial charge in [-0.2, -0.15) is 0 Å². The number of aliphatic imine (C=N–C) groups is 1. The molecule has 146 valence electrons. The largest absolute Gasteiger partial charge is 0.356 e. The Morgan fingerprint density at radius 1 is 1.48 bits per heavy atom. The fourth-order valence-electron chi connectivity index (χ4n) is 3.33. The fraction of sp³-hybridized carbons (Fsp3) is 0.474. The first kappa shape index (κ1) is 19.8. The predicted octanol–water partition coefficient (Wildman–Crippen LogP) is 2.72. The van der Waals surface area contributed by atoms with E-state index in [0.717, 1.165) is 36.2 Å². The van der Waals surface area contributed by atoms with E-state index in [9.17, 15) is 4.79 Å². The average molecular weight is 408 g/mol. The number of thiophene rings is 1. The van der Waals surface area contributed by atoms with Crippen LogP contribution in [0.4, 0.5) is 0 Å². The molecule has 27 heavy (non-hydrogen) atoms. The summed E-state index contributed by atoms with van der Waals surface area (Å²) >= 11 is 7.84. The van der Waals surface area contributed by atoms with Gasteiger partial charge in [0.15, 0.2) is 5.96 Å². The molecule has 1 aliphatic rings. The van der Waals surface area contributed by atoms with Crippen LogP contribution in [-0.4, -0.2) is 53.4 Å². The fourth-order valence-corrected chi connectivity index (χ4v) is 4.49. The molecular formula is C19H26ClN5OS. The van der Waals surface area contributed by atoms with E-state index < -0.39 is 0 Å². The molecule has 0 atom stereocenters. The van der Waals surface area contributed by atoms with Crippen LogP contribution in [0.5, 0.6) is 0 Å². The molecule has 1 N–H and O–H groups in total. The van der Waals surface area contributed by atoms with Crippen molar-refractivity contribution in [2.45, 2.75) is 25.9 Å². The number of rotatable bonds is 5. The number of halogens is 1. The number of carbonyl (C=O) groups excluding carboxylic acids is 1. The highest BCUT2D eigenvalue weighted by atomic mass is 35.5. The van der Waals surface area contributed by atoms with E-state index in [1.807, 2.05) is 40.7 Å². The van der Waals surface area contributed by atoms with Gasteiger partial charge in [0.05, 0.1) is 11.6 Å². The SMILES string of the molecule is CN=C(NCCC(=O)N1CCc2sccc2C1)N(C)Cc1cc(Cl)cn1C. The zero-order valence-corrected chi connectivity index (χ0v) is 17.6. The lowest BCUT2D eigenvalue weighted by atomic mass is 10.1. The summed E-state index contributed by atoms with van der Waals surface area (Å²) < 4.78 is 2.00. The van der Waals surface area contributed by atoms with Crippen molar-refractivity contribution in [1.29, 1.82) is 0 Å². The van der Waals surface area contributed by atoms with Crippen molar-refractivity contribution >= 4 is 34.8 Å². The number of aromatic nitrogens is 1. The molecule has 0 saturated heterocycles. The third kappa shape index (κ3) is 4.84. The quantitative estimate of drug-likeness (QED) is 0.612. The van der Waals surface area contributed by atoms with Gasteiger partial charge in [0.25, 0.3) is 0 Å². The van der Waals surface area contributed by atoms with Gasteiger partial charge < -0.3 is 19.7 Å². The molecule has 3 heterocycles. The van der Waals surface area contributed by atoms with E-state index in [1.165, 1.54) is 10.4 Å². The number of guanidine groups is 1. The van der Waals surface area contributed by atoms with Crippen LogP contribution in [0.25, 0.3) is 0 Å². The minimum atomic E-state index is 0.187. The maximum atomic E-state index is 12.5. The van der Waals surface area contributed by atoms with Gasteiger partial charge in [-0.25, -0.2) is 0 Å². The second-order valence-electron chi connectivity index (χ2n) is 6.77. The van der Waals surface area contributed by atoms with Crippen molar-refractivity contribution in [3.63, 3.8) is 0 Å². The molecule has 1 amide bonds. The highest BCUT2D eigenvalue weighted by molar-refractivity contribution is 7.10. The van der Waals surface area contributed by atoms with Crippen LogP contribution < -0.4 is 5.32 Å². The summed E-state index contributed by atoms with van der Waals surface area (Å²) in [7, 11) is 5.70. The van der Waals surface area contributed by atoms with E-state index in [2.05, 4.69) is 21.8 Å². The lowest BCUT2D eigenvalue weighted by molar-refractivity contribution is -0.131. The van der Waals surface area contributed by atoms with Crippen LogP contribution >= 0.6 is 22.9 Å². The van der Waals surface area contributed by atoms with E-state index in [4.69, 9.17) is 11.6 Å². The molecule has 0 spiro atoms. The normalized spacial score (nSPS) is 14.2. The Morgan fingerprint density at radius 2 is 2.30 bits per heavy atom. The molecular weight excluding hydrogens is 382 g/mol. The Hall–Kier alpha value is -1.99. The van der Waals surface area contributed by atoms with Gasteiger partial charge in [-0.1, -0.05) is 11.6 Å². The molecule has 0 bridgehead atoms. The number of nitrogens with one attached hydrogen (secondary N) is 1. The first-order valence-corrected chi connectivity index (χ1v) is 10.3. The summed E-state index contributed by atoms with van der Waals surface area (Å²) in [4.78, 5) is 22.2. The van der Waals surface area contributed by atoms with E-state index in [-0.39, 0.29) is 5.91 Å². The molecule has 0 aromatic carbocycles. The number of aryl methyl sites for hydroxylation is 1. The highest BCUT2D eigenvalue weighted by Gasteiger charge is 2.21.